The smallest absolute Gasteiger partial charge is 0.267 e. The van der Waals surface area contributed by atoms with Crippen molar-refractivity contribution in [2.24, 2.45) is 5.92 Å². The van der Waals surface area contributed by atoms with E-state index in [4.69, 9.17) is 13.9 Å². The molecular formula is C33H41N3O6. The number of aliphatic hydroxyl groups excluding tert-OH is 1. The van der Waals surface area contributed by atoms with Gasteiger partial charge in [-0.3, -0.25) is 4.79 Å². The largest absolute Gasteiger partial charge is 0.497 e. The summed E-state index contributed by atoms with van der Waals surface area (Å²) in [5, 5.41) is 26.2. The van der Waals surface area contributed by atoms with Gasteiger partial charge in [0, 0.05) is 53.6 Å². The molecule has 6 rings (SSSR count). The first kappa shape index (κ1) is 28.6. The molecule has 4 N–H and O–H groups in total. The average molecular weight is 576 g/mol. The van der Waals surface area contributed by atoms with Crippen molar-refractivity contribution in [3.8, 4) is 11.5 Å². The number of carbonyl (C=O) groups is 1. The van der Waals surface area contributed by atoms with E-state index in [1.807, 2.05) is 42.5 Å². The minimum atomic E-state index is -0.694. The number of rotatable bonds is 9. The lowest BCUT2D eigenvalue weighted by molar-refractivity contribution is -0.0272. The Kier molecular flexibility index (Phi) is 8.16. The van der Waals surface area contributed by atoms with E-state index >= 15 is 0 Å². The van der Waals surface area contributed by atoms with Gasteiger partial charge in [-0.2, -0.15) is 0 Å². The topological polar surface area (TPSA) is 120 Å². The molecular weight excluding hydrogens is 534 g/mol. The lowest BCUT2D eigenvalue weighted by atomic mass is 9.80. The zero-order valence-corrected chi connectivity index (χ0v) is 24.4. The van der Waals surface area contributed by atoms with Gasteiger partial charge in [0.1, 0.15) is 29.4 Å². The second-order valence-corrected chi connectivity index (χ2v) is 12.2. The molecule has 9 nitrogen and oxygen atoms in total. The van der Waals surface area contributed by atoms with Crippen LogP contribution in [0.2, 0.25) is 0 Å². The zero-order valence-electron chi connectivity index (χ0n) is 24.4. The van der Waals surface area contributed by atoms with E-state index in [1.54, 1.807) is 13.4 Å². The number of hydrogen-bond acceptors (Lipinski definition) is 7. The molecule has 0 unspecified atom stereocenters. The third-order valence-corrected chi connectivity index (χ3v) is 9.20. The molecule has 1 saturated carbocycles. The Morgan fingerprint density at radius 2 is 2.00 bits per heavy atom. The summed E-state index contributed by atoms with van der Waals surface area (Å²) in [6.45, 7) is 5.02. The van der Waals surface area contributed by atoms with Gasteiger partial charge in [0.15, 0.2) is 0 Å². The monoisotopic (exact) mass is 575 g/mol. The minimum absolute atomic E-state index is 0.0260. The molecule has 2 fully saturated rings. The first-order valence-corrected chi connectivity index (χ1v) is 15.0. The molecule has 0 bridgehead atoms. The number of piperidine rings is 1. The van der Waals surface area contributed by atoms with Crippen molar-refractivity contribution in [2.75, 3.05) is 26.7 Å². The minimum Gasteiger partial charge on any atom is -0.497 e. The highest BCUT2D eigenvalue weighted by Crippen LogP contribution is 2.33. The van der Waals surface area contributed by atoms with Crippen molar-refractivity contribution < 1.29 is 28.9 Å². The molecule has 224 valence electrons. The van der Waals surface area contributed by atoms with Crippen LogP contribution in [0.3, 0.4) is 0 Å². The van der Waals surface area contributed by atoms with Gasteiger partial charge < -0.3 is 39.3 Å². The van der Waals surface area contributed by atoms with Crippen LogP contribution < -0.4 is 14.8 Å². The number of nitrogens with one attached hydrogen (secondary N) is 2. The fourth-order valence-electron chi connectivity index (χ4n) is 6.43. The van der Waals surface area contributed by atoms with Crippen molar-refractivity contribution in [2.45, 2.75) is 69.8 Å². The van der Waals surface area contributed by atoms with E-state index in [-0.39, 0.29) is 24.0 Å². The van der Waals surface area contributed by atoms with Gasteiger partial charge in [-0.15, -0.1) is 0 Å². The van der Waals surface area contributed by atoms with Gasteiger partial charge >= 0.3 is 0 Å². The molecule has 0 spiro atoms. The predicted molar refractivity (Wildman–Crippen MR) is 161 cm³/mol. The first-order chi connectivity index (χ1) is 20.3. The van der Waals surface area contributed by atoms with Gasteiger partial charge in [0.25, 0.3) is 5.91 Å². The van der Waals surface area contributed by atoms with E-state index < -0.39 is 5.60 Å². The van der Waals surface area contributed by atoms with E-state index in [0.717, 1.165) is 78.5 Å². The van der Waals surface area contributed by atoms with Crippen LogP contribution in [0.4, 0.5) is 0 Å². The van der Waals surface area contributed by atoms with Crippen LogP contribution in [0.25, 0.3) is 21.9 Å². The lowest BCUT2D eigenvalue weighted by Gasteiger charge is -2.39. The maximum absolute atomic E-state index is 13.2. The highest BCUT2D eigenvalue weighted by molar-refractivity contribution is 5.99. The SMILES string of the molecule is COc1ccc2c(COc3cccc4[nH]c(C(=O)NC5CCC(O)(CCN6CC[C@H](O)[C@@H](C)C6)CC5)cc34)coc2c1. The van der Waals surface area contributed by atoms with E-state index in [2.05, 4.69) is 22.1 Å². The van der Waals surface area contributed by atoms with Gasteiger partial charge in [-0.25, -0.2) is 0 Å². The highest BCUT2D eigenvalue weighted by atomic mass is 16.5. The summed E-state index contributed by atoms with van der Waals surface area (Å²) in [5.74, 6) is 1.55. The summed E-state index contributed by atoms with van der Waals surface area (Å²) in [5.41, 5.74) is 2.30. The highest BCUT2D eigenvalue weighted by Gasteiger charge is 2.35. The summed E-state index contributed by atoms with van der Waals surface area (Å²) >= 11 is 0. The number of ether oxygens (including phenoxy) is 2. The quantitative estimate of drug-likeness (QED) is 0.222. The van der Waals surface area contributed by atoms with Crippen molar-refractivity contribution in [3.63, 3.8) is 0 Å². The number of likely N-dealkylation sites (tertiary alicyclic amines) is 1. The molecule has 4 aromatic rings. The molecule has 1 aliphatic heterocycles. The lowest BCUT2D eigenvalue weighted by Crippen LogP contribution is -2.47. The van der Waals surface area contributed by atoms with Crippen molar-refractivity contribution in [3.05, 3.63) is 60.0 Å². The Bertz CT molecular complexity index is 1540. The van der Waals surface area contributed by atoms with Crippen LogP contribution in [-0.4, -0.2) is 70.5 Å². The molecule has 2 aromatic carbocycles. The molecule has 3 heterocycles. The van der Waals surface area contributed by atoms with Gasteiger partial charge in [0.05, 0.1) is 25.1 Å². The third kappa shape index (κ3) is 6.14. The van der Waals surface area contributed by atoms with Crippen LogP contribution in [0.1, 0.15) is 61.5 Å². The van der Waals surface area contributed by atoms with E-state index in [0.29, 0.717) is 30.9 Å². The second-order valence-electron chi connectivity index (χ2n) is 12.2. The number of hydrogen-bond donors (Lipinski definition) is 4. The Morgan fingerprint density at radius 3 is 2.79 bits per heavy atom. The number of carbonyl (C=O) groups excluding carboxylic acids is 1. The fraction of sp³-hybridized carbons (Fsp3) is 0.485. The van der Waals surface area contributed by atoms with Crippen LogP contribution in [0, 0.1) is 5.92 Å². The van der Waals surface area contributed by atoms with Crippen molar-refractivity contribution in [1.29, 1.82) is 0 Å². The number of furan rings is 1. The average Bonchev–Trinajstić information content (AvgIpc) is 3.62. The van der Waals surface area contributed by atoms with Crippen molar-refractivity contribution >= 4 is 27.8 Å². The summed E-state index contributed by atoms with van der Waals surface area (Å²) in [6, 6.07) is 13.3. The van der Waals surface area contributed by atoms with E-state index in [9.17, 15) is 15.0 Å². The summed E-state index contributed by atoms with van der Waals surface area (Å²) in [6.07, 6.45) is 5.84. The normalized spacial score (nSPS) is 25.1. The fourth-order valence-corrected chi connectivity index (χ4v) is 6.43. The Morgan fingerprint density at radius 1 is 1.17 bits per heavy atom. The Labute approximate surface area is 245 Å². The number of aliphatic hydroxyl groups is 2. The van der Waals surface area contributed by atoms with Gasteiger partial charge in [0.2, 0.25) is 0 Å². The number of benzene rings is 2. The Balaban J connectivity index is 1.03. The molecule has 2 atom stereocenters. The molecule has 42 heavy (non-hydrogen) atoms. The van der Waals surface area contributed by atoms with Crippen LogP contribution in [-0.2, 0) is 6.61 Å². The zero-order chi connectivity index (χ0) is 29.3. The van der Waals surface area contributed by atoms with Crippen LogP contribution in [0.15, 0.2) is 53.1 Å². The second kappa shape index (κ2) is 12.0. The molecule has 2 aromatic heterocycles. The standard InChI is InChI=1S/C33H41N3O6/c1-21-18-36(14-10-29(21)37)15-13-33(39)11-8-23(9-12-33)34-32(38)28-17-26-27(35-28)4-3-5-30(26)41-19-22-20-42-31-16-24(40-2)6-7-25(22)31/h3-7,16-17,20-21,23,29,35,37,39H,8-15,18-19H2,1-2H3,(H,34,38)/t21-,23?,29-,33?/m0/s1. The van der Waals surface area contributed by atoms with Crippen molar-refractivity contribution in [1.82, 2.24) is 15.2 Å². The van der Waals surface area contributed by atoms with Crippen LogP contribution in [0.5, 0.6) is 11.5 Å². The molecule has 0 radical (unpaired) electrons. The van der Waals surface area contributed by atoms with Gasteiger partial charge in [-0.1, -0.05) is 13.0 Å². The number of amides is 1. The number of aromatic nitrogens is 1. The van der Waals surface area contributed by atoms with E-state index in [1.165, 1.54) is 0 Å². The number of fused-ring (bicyclic) bond motifs is 2. The first-order valence-electron chi connectivity index (χ1n) is 15.0. The molecule has 1 amide bonds. The number of methoxy groups -OCH3 is 1. The summed E-state index contributed by atoms with van der Waals surface area (Å²) < 4.78 is 17.2. The maximum atomic E-state index is 13.2. The molecule has 1 saturated heterocycles. The third-order valence-electron chi connectivity index (χ3n) is 9.20. The number of nitrogens with zero attached hydrogens (tertiary/aromatic N) is 1. The maximum Gasteiger partial charge on any atom is 0.267 e. The number of H-pyrrole nitrogens is 1. The van der Waals surface area contributed by atoms with Gasteiger partial charge in [-0.05, 0) is 74.8 Å². The van der Waals surface area contributed by atoms with Crippen LogP contribution >= 0.6 is 0 Å². The number of aromatic amines is 1. The Hall–Kier alpha value is -3.53. The molecule has 9 heteroatoms. The summed E-state index contributed by atoms with van der Waals surface area (Å²) in [7, 11) is 1.63. The molecule has 1 aliphatic carbocycles. The molecule has 2 aliphatic rings. The predicted octanol–water partition coefficient (Wildman–Crippen LogP) is 5.00. The summed E-state index contributed by atoms with van der Waals surface area (Å²) in [4.78, 5) is 18.8.